The third kappa shape index (κ3) is 2.88. The van der Waals surface area contributed by atoms with Gasteiger partial charge in [0.25, 0.3) is 0 Å². The SMILES string of the molecule is Cc1cc(C)c2nc(C3CC3)n(Cc3ccc(C4=C(C(=O)O)CC=C4)s3)c2n1. The fourth-order valence-electron chi connectivity index (χ4n) is 3.93. The highest BCUT2D eigenvalue weighted by Crippen LogP contribution is 2.41. The number of aryl methyl sites for hydroxylation is 2. The Hall–Kier alpha value is -2.73. The average Bonchev–Trinajstić information content (AvgIpc) is 3.06. The molecule has 3 heterocycles. The van der Waals surface area contributed by atoms with Crippen molar-refractivity contribution in [3.05, 3.63) is 62.8 Å². The van der Waals surface area contributed by atoms with Crippen LogP contribution in [0.5, 0.6) is 0 Å². The maximum absolute atomic E-state index is 11.5. The van der Waals surface area contributed by atoms with Gasteiger partial charge >= 0.3 is 5.97 Å². The van der Waals surface area contributed by atoms with Crippen molar-refractivity contribution in [2.75, 3.05) is 0 Å². The van der Waals surface area contributed by atoms with Gasteiger partial charge in [-0.3, -0.25) is 0 Å². The van der Waals surface area contributed by atoms with Crippen molar-refractivity contribution < 1.29 is 9.90 Å². The number of imidazole rings is 1. The molecular weight excluding hydrogens is 370 g/mol. The highest BCUT2D eigenvalue weighted by atomic mass is 32.1. The molecule has 5 nitrogen and oxygen atoms in total. The fraction of sp³-hybridized carbons (Fsp3) is 0.318. The van der Waals surface area contributed by atoms with Gasteiger partial charge in [0.2, 0.25) is 0 Å². The van der Waals surface area contributed by atoms with Gasteiger partial charge in [0.15, 0.2) is 5.65 Å². The molecular formula is C22H21N3O2S. The number of hydrogen-bond acceptors (Lipinski definition) is 4. The third-order valence-electron chi connectivity index (χ3n) is 5.42. The van der Waals surface area contributed by atoms with Crippen LogP contribution in [0.1, 0.15) is 52.0 Å². The van der Waals surface area contributed by atoms with E-state index in [1.165, 1.54) is 23.3 Å². The number of rotatable bonds is 5. The summed E-state index contributed by atoms with van der Waals surface area (Å²) in [7, 11) is 0. The summed E-state index contributed by atoms with van der Waals surface area (Å²) >= 11 is 1.66. The molecule has 28 heavy (non-hydrogen) atoms. The molecule has 142 valence electrons. The first-order valence-corrected chi connectivity index (χ1v) is 10.4. The van der Waals surface area contributed by atoms with Gasteiger partial charge in [0.05, 0.1) is 6.54 Å². The molecule has 0 aromatic carbocycles. The Morgan fingerprint density at radius 3 is 2.86 bits per heavy atom. The molecule has 2 aliphatic carbocycles. The van der Waals surface area contributed by atoms with Gasteiger partial charge in [-0.05, 0) is 56.9 Å². The number of aliphatic carboxylic acids is 1. The second-order valence-electron chi connectivity index (χ2n) is 7.65. The van der Waals surface area contributed by atoms with E-state index in [1.54, 1.807) is 11.3 Å². The number of fused-ring (bicyclic) bond motifs is 1. The van der Waals surface area contributed by atoms with Gasteiger partial charge in [-0.25, -0.2) is 14.8 Å². The smallest absolute Gasteiger partial charge is 0.332 e. The molecule has 0 aliphatic heterocycles. The number of carboxylic acids is 1. The molecule has 3 aromatic rings. The monoisotopic (exact) mass is 391 g/mol. The summed E-state index contributed by atoms with van der Waals surface area (Å²) in [4.78, 5) is 23.4. The van der Waals surface area contributed by atoms with E-state index in [0.29, 0.717) is 17.9 Å². The van der Waals surface area contributed by atoms with Crippen LogP contribution in [0.3, 0.4) is 0 Å². The summed E-state index contributed by atoms with van der Waals surface area (Å²) in [6.45, 7) is 4.85. The van der Waals surface area contributed by atoms with Gasteiger partial charge in [-0.2, -0.15) is 0 Å². The van der Waals surface area contributed by atoms with E-state index in [9.17, 15) is 9.90 Å². The third-order valence-corrected chi connectivity index (χ3v) is 6.53. The highest BCUT2D eigenvalue weighted by Gasteiger charge is 2.30. The number of carboxylic acid groups (broad SMARTS) is 1. The zero-order chi connectivity index (χ0) is 19.4. The Labute approximate surface area is 167 Å². The van der Waals surface area contributed by atoms with Crippen molar-refractivity contribution in [1.82, 2.24) is 14.5 Å². The van der Waals surface area contributed by atoms with Gasteiger partial charge in [0.1, 0.15) is 11.3 Å². The first-order valence-electron chi connectivity index (χ1n) is 9.57. The van der Waals surface area contributed by atoms with Crippen LogP contribution in [-0.2, 0) is 11.3 Å². The summed E-state index contributed by atoms with van der Waals surface area (Å²) in [6, 6.07) is 6.23. The number of pyridine rings is 1. The zero-order valence-electron chi connectivity index (χ0n) is 15.9. The van der Waals surface area contributed by atoms with E-state index in [4.69, 9.17) is 9.97 Å². The lowest BCUT2D eigenvalue weighted by Crippen LogP contribution is -2.04. The molecule has 0 radical (unpaired) electrons. The van der Waals surface area contributed by atoms with Crippen LogP contribution in [0.2, 0.25) is 0 Å². The molecule has 1 N–H and O–H groups in total. The number of hydrogen-bond donors (Lipinski definition) is 1. The Morgan fingerprint density at radius 2 is 2.11 bits per heavy atom. The lowest BCUT2D eigenvalue weighted by Gasteiger charge is -2.07. The minimum absolute atomic E-state index is 0.480. The summed E-state index contributed by atoms with van der Waals surface area (Å²) in [6.07, 6.45) is 6.73. The molecule has 3 aromatic heterocycles. The molecule has 0 unspecified atom stereocenters. The second-order valence-corrected chi connectivity index (χ2v) is 8.82. The van der Waals surface area contributed by atoms with Crippen LogP contribution >= 0.6 is 11.3 Å². The van der Waals surface area contributed by atoms with Crippen molar-refractivity contribution in [3.63, 3.8) is 0 Å². The van der Waals surface area contributed by atoms with Crippen molar-refractivity contribution in [2.24, 2.45) is 0 Å². The standard InChI is InChI=1S/C22H21N3O2S/c1-12-10-13(2)23-21-19(12)24-20(14-6-7-14)25(21)11-15-8-9-18(28-15)16-4-3-5-17(16)22(26)27/h3-4,8-10,14H,5-7,11H2,1-2H3,(H,26,27). The summed E-state index contributed by atoms with van der Waals surface area (Å²) in [5.74, 6) is 0.839. The molecule has 0 amide bonds. The van der Waals surface area contributed by atoms with E-state index >= 15 is 0 Å². The predicted molar refractivity (Wildman–Crippen MR) is 111 cm³/mol. The first kappa shape index (κ1) is 17.4. The number of allylic oxidation sites excluding steroid dienone is 3. The zero-order valence-corrected chi connectivity index (χ0v) is 16.7. The van der Waals surface area contributed by atoms with Gasteiger partial charge < -0.3 is 9.67 Å². The van der Waals surface area contributed by atoms with E-state index in [0.717, 1.165) is 39.7 Å². The summed E-state index contributed by atoms with van der Waals surface area (Å²) < 4.78 is 2.26. The Morgan fingerprint density at radius 1 is 1.29 bits per heavy atom. The van der Waals surface area contributed by atoms with Crippen LogP contribution in [0, 0.1) is 13.8 Å². The van der Waals surface area contributed by atoms with Crippen molar-refractivity contribution in [1.29, 1.82) is 0 Å². The van der Waals surface area contributed by atoms with Crippen molar-refractivity contribution in [2.45, 2.75) is 45.6 Å². The van der Waals surface area contributed by atoms with Crippen molar-refractivity contribution >= 4 is 34.0 Å². The largest absolute Gasteiger partial charge is 0.478 e. The van der Waals surface area contributed by atoms with E-state index < -0.39 is 5.97 Å². The number of thiophene rings is 1. The van der Waals surface area contributed by atoms with E-state index in [2.05, 4.69) is 23.6 Å². The molecule has 1 fully saturated rings. The van der Waals surface area contributed by atoms with Crippen LogP contribution in [0.15, 0.2) is 35.9 Å². The molecule has 1 saturated carbocycles. The number of nitrogens with zero attached hydrogens (tertiary/aromatic N) is 3. The maximum Gasteiger partial charge on any atom is 0.332 e. The molecule has 2 aliphatic rings. The minimum Gasteiger partial charge on any atom is -0.478 e. The molecule has 0 spiro atoms. The Kier molecular flexibility index (Phi) is 3.98. The van der Waals surface area contributed by atoms with Crippen molar-refractivity contribution in [3.8, 4) is 0 Å². The van der Waals surface area contributed by atoms with Crippen LogP contribution in [0.4, 0.5) is 0 Å². The summed E-state index contributed by atoms with van der Waals surface area (Å²) in [5, 5.41) is 9.42. The van der Waals surface area contributed by atoms with E-state index in [-0.39, 0.29) is 0 Å². The van der Waals surface area contributed by atoms with Gasteiger partial charge in [-0.1, -0.05) is 12.2 Å². The minimum atomic E-state index is -0.832. The van der Waals surface area contributed by atoms with Gasteiger partial charge in [-0.15, -0.1) is 11.3 Å². The molecule has 0 atom stereocenters. The first-order chi connectivity index (χ1) is 13.5. The quantitative estimate of drug-likeness (QED) is 0.676. The Bertz CT molecular complexity index is 1180. The fourth-order valence-corrected chi connectivity index (χ4v) is 4.98. The Balaban J connectivity index is 1.56. The topological polar surface area (TPSA) is 68.0 Å². The second kappa shape index (κ2) is 6.41. The summed E-state index contributed by atoms with van der Waals surface area (Å²) in [5.41, 5.74) is 5.45. The lowest BCUT2D eigenvalue weighted by molar-refractivity contribution is -0.132. The average molecular weight is 391 g/mol. The van der Waals surface area contributed by atoms with Gasteiger partial charge in [0, 0.05) is 32.5 Å². The molecule has 5 rings (SSSR count). The molecule has 0 saturated heterocycles. The van der Waals surface area contributed by atoms with Crippen LogP contribution in [-0.4, -0.2) is 25.6 Å². The van der Waals surface area contributed by atoms with Crippen LogP contribution in [0.25, 0.3) is 16.7 Å². The van der Waals surface area contributed by atoms with Crippen LogP contribution < -0.4 is 0 Å². The molecule has 0 bridgehead atoms. The normalized spacial score (nSPS) is 16.5. The number of aromatic nitrogens is 3. The number of carbonyl (C=O) groups is 1. The predicted octanol–water partition coefficient (Wildman–Crippen LogP) is 4.83. The highest BCUT2D eigenvalue weighted by molar-refractivity contribution is 7.13. The maximum atomic E-state index is 11.5. The lowest BCUT2D eigenvalue weighted by atomic mass is 10.1. The van der Waals surface area contributed by atoms with E-state index in [1.807, 2.05) is 25.1 Å². The molecule has 6 heteroatoms.